The molecule has 0 aliphatic heterocycles. The number of nitrogens with two attached hydrogens (primary N) is 1. The Balaban J connectivity index is 2.79. The van der Waals surface area contributed by atoms with E-state index in [1.165, 1.54) is 6.07 Å². The van der Waals surface area contributed by atoms with Gasteiger partial charge in [-0.3, -0.25) is 0 Å². The van der Waals surface area contributed by atoms with Crippen LogP contribution < -0.4 is 5.73 Å². The van der Waals surface area contributed by atoms with Gasteiger partial charge in [-0.15, -0.1) is 0 Å². The number of unbranched alkanes of at least 4 members (excludes halogenated alkanes) is 1. The van der Waals surface area contributed by atoms with Crippen LogP contribution in [0.2, 0.25) is 0 Å². The Labute approximate surface area is 83.6 Å². The van der Waals surface area contributed by atoms with Crippen LogP contribution in [0.3, 0.4) is 0 Å². The SMILES string of the molecule is Cc1ccc(O)c(CCCCN)c1F. The van der Waals surface area contributed by atoms with E-state index in [-0.39, 0.29) is 11.6 Å². The zero-order valence-corrected chi connectivity index (χ0v) is 8.39. The molecule has 3 N–H and O–H groups in total. The Morgan fingerprint density at radius 2 is 2.07 bits per heavy atom. The van der Waals surface area contributed by atoms with Gasteiger partial charge < -0.3 is 10.8 Å². The maximum absolute atomic E-state index is 13.5. The van der Waals surface area contributed by atoms with Gasteiger partial charge in [0.15, 0.2) is 0 Å². The van der Waals surface area contributed by atoms with Crippen LogP contribution in [0.4, 0.5) is 4.39 Å². The Morgan fingerprint density at radius 1 is 1.36 bits per heavy atom. The number of halogens is 1. The summed E-state index contributed by atoms with van der Waals surface area (Å²) in [6, 6.07) is 3.12. The molecule has 0 amide bonds. The second kappa shape index (κ2) is 4.96. The van der Waals surface area contributed by atoms with Crippen LogP contribution in [-0.2, 0) is 6.42 Å². The smallest absolute Gasteiger partial charge is 0.132 e. The van der Waals surface area contributed by atoms with Gasteiger partial charge in [-0.2, -0.15) is 0 Å². The highest BCUT2D eigenvalue weighted by Gasteiger charge is 2.09. The molecule has 0 bridgehead atoms. The van der Waals surface area contributed by atoms with E-state index in [1.54, 1.807) is 13.0 Å². The van der Waals surface area contributed by atoms with Gasteiger partial charge in [0.05, 0.1) is 0 Å². The highest BCUT2D eigenvalue weighted by molar-refractivity contribution is 5.37. The highest BCUT2D eigenvalue weighted by atomic mass is 19.1. The molecule has 78 valence electrons. The van der Waals surface area contributed by atoms with Crippen molar-refractivity contribution in [3.63, 3.8) is 0 Å². The number of phenolic OH excluding ortho intramolecular Hbond substituents is 1. The van der Waals surface area contributed by atoms with E-state index in [0.717, 1.165) is 12.8 Å². The second-order valence-electron chi connectivity index (χ2n) is 3.44. The first-order valence-corrected chi connectivity index (χ1v) is 4.84. The predicted octanol–water partition coefficient (Wildman–Crippen LogP) is 2.12. The number of aromatic hydroxyl groups is 1. The van der Waals surface area contributed by atoms with Crippen LogP contribution in [0.5, 0.6) is 5.75 Å². The molecule has 3 heteroatoms. The van der Waals surface area contributed by atoms with Crippen LogP contribution in [0.15, 0.2) is 12.1 Å². The highest BCUT2D eigenvalue weighted by Crippen LogP contribution is 2.24. The monoisotopic (exact) mass is 197 g/mol. The first-order valence-electron chi connectivity index (χ1n) is 4.84. The third kappa shape index (κ3) is 2.45. The summed E-state index contributed by atoms with van der Waals surface area (Å²) in [6.07, 6.45) is 2.22. The largest absolute Gasteiger partial charge is 0.508 e. The first-order chi connectivity index (χ1) is 6.66. The van der Waals surface area contributed by atoms with E-state index in [1.807, 2.05) is 0 Å². The van der Waals surface area contributed by atoms with E-state index in [9.17, 15) is 9.50 Å². The van der Waals surface area contributed by atoms with Crippen molar-refractivity contribution in [3.8, 4) is 5.75 Å². The van der Waals surface area contributed by atoms with Gasteiger partial charge in [0.1, 0.15) is 11.6 Å². The minimum absolute atomic E-state index is 0.0464. The lowest BCUT2D eigenvalue weighted by molar-refractivity contribution is 0.455. The maximum Gasteiger partial charge on any atom is 0.132 e. The van der Waals surface area contributed by atoms with Crippen molar-refractivity contribution in [2.75, 3.05) is 6.54 Å². The third-order valence-corrected chi connectivity index (χ3v) is 2.29. The van der Waals surface area contributed by atoms with Crippen molar-refractivity contribution in [3.05, 3.63) is 29.1 Å². The minimum Gasteiger partial charge on any atom is -0.508 e. The van der Waals surface area contributed by atoms with Crippen molar-refractivity contribution in [1.82, 2.24) is 0 Å². The standard InChI is InChI=1S/C11H16FNO/c1-8-5-6-10(14)9(11(8)12)4-2-3-7-13/h5-6,14H,2-4,7,13H2,1H3. The molecule has 0 aliphatic rings. The molecule has 1 aromatic rings. The summed E-state index contributed by atoms with van der Waals surface area (Å²) in [4.78, 5) is 0. The Hall–Kier alpha value is -1.09. The van der Waals surface area contributed by atoms with E-state index in [4.69, 9.17) is 5.73 Å². The molecule has 0 saturated carbocycles. The summed E-state index contributed by atoms with van der Waals surface area (Å²) in [5.41, 5.74) is 6.33. The van der Waals surface area contributed by atoms with Crippen LogP contribution in [0, 0.1) is 12.7 Å². The number of phenols is 1. The van der Waals surface area contributed by atoms with Crippen LogP contribution in [0.25, 0.3) is 0 Å². The lowest BCUT2D eigenvalue weighted by Crippen LogP contribution is -2.00. The number of benzene rings is 1. The number of aryl methyl sites for hydroxylation is 1. The van der Waals surface area contributed by atoms with Gasteiger partial charge >= 0.3 is 0 Å². The molecule has 0 unspecified atom stereocenters. The molecule has 0 saturated heterocycles. The Kier molecular flexibility index (Phi) is 3.89. The molecule has 1 aromatic carbocycles. The lowest BCUT2D eigenvalue weighted by Gasteiger charge is -2.07. The summed E-state index contributed by atoms with van der Waals surface area (Å²) in [7, 11) is 0. The topological polar surface area (TPSA) is 46.2 Å². The molecular weight excluding hydrogens is 181 g/mol. The molecule has 0 aromatic heterocycles. The van der Waals surface area contributed by atoms with Gasteiger partial charge in [-0.05, 0) is 44.4 Å². The fourth-order valence-electron chi connectivity index (χ4n) is 1.41. The predicted molar refractivity (Wildman–Crippen MR) is 54.8 cm³/mol. The van der Waals surface area contributed by atoms with Gasteiger partial charge in [-0.1, -0.05) is 6.07 Å². The summed E-state index contributed by atoms with van der Waals surface area (Å²) < 4.78 is 13.5. The molecule has 2 nitrogen and oxygen atoms in total. The van der Waals surface area contributed by atoms with E-state index < -0.39 is 0 Å². The summed E-state index contributed by atoms with van der Waals surface area (Å²) in [6.45, 7) is 2.30. The molecule has 0 spiro atoms. The fourth-order valence-corrected chi connectivity index (χ4v) is 1.41. The third-order valence-electron chi connectivity index (χ3n) is 2.29. The quantitative estimate of drug-likeness (QED) is 0.726. The van der Waals surface area contributed by atoms with Gasteiger partial charge in [-0.25, -0.2) is 4.39 Å². The molecule has 0 heterocycles. The maximum atomic E-state index is 13.5. The van der Waals surface area contributed by atoms with Crippen molar-refractivity contribution in [1.29, 1.82) is 0 Å². The molecule has 1 rings (SSSR count). The lowest BCUT2D eigenvalue weighted by atomic mass is 10.0. The molecule has 0 aliphatic carbocycles. The first kappa shape index (κ1) is 11.0. The zero-order valence-electron chi connectivity index (χ0n) is 8.39. The molecule has 14 heavy (non-hydrogen) atoms. The second-order valence-corrected chi connectivity index (χ2v) is 3.44. The summed E-state index contributed by atoms with van der Waals surface area (Å²) >= 11 is 0. The molecule has 0 fully saturated rings. The fraction of sp³-hybridized carbons (Fsp3) is 0.455. The Morgan fingerprint density at radius 3 is 2.71 bits per heavy atom. The van der Waals surface area contributed by atoms with Gasteiger partial charge in [0, 0.05) is 5.56 Å². The molecule has 0 radical (unpaired) electrons. The van der Waals surface area contributed by atoms with E-state index >= 15 is 0 Å². The minimum atomic E-state index is -0.290. The van der Waals surface area contributed by atoms with Gasteiger partial charge in [0.25, 0.3) is 0 Å². The summed E-state index contributed by atoms with van der Waals surface area (Å²) in [5.74, 6) is -0.243. The van der Waals surface area contributed by atoms with Crippen LogP contribution in [0.1, 0.15) is 24.0 Å². The number of rotatable bonds is 4. The van der Waals surface area contributed by atoms with Crippen molar-refractivity contribution in [2.45, 2.75) is 26.2 Å². The number of hydrogen-bond acceptors (Lipinski definition) is 2. The van der Waals surface area contributed by atoms with Crippen LogP contribution in [-0.4, -0.2) is 11.7 Å². The van der Waals surface area contributed by atoms with Crippen molar-refractivity contribution < 1.29 is 9.50 Å². The average Bonchev–Trinajstić information content (AvgIpc) is 2.18. The average molecular weight is 197 g/mol. The van der Waals surface area contributed by atoms with Gasteiger partial charge in [0.2, 0.25) is 0 Å². The normalized spacial score (nSPS) is 10.5. The molecule has 0 atom stereocenters. The van der Waals surface area contributed by atoms with Crippen LogP contribution >= 0.6 is 0 Å². The van der Waals surface area contributed by atoms with Crippen molar-refractivity contribution >= 4 is 0 Å². The van der Waals surface area contributed by atoms with E-state index in [0.29, 0.717) is 24.1 Å². The van der Waals surface area contributed by atoms with Crippen molar-refractivity contribution in [2.24, 2.45) is 5.73 Å². The molecular formula is C11H16FNO. The summed E-state index contributed by atoms with van der Waals surface area (Å²) in [5, 5.41) is 9.44. The Bertz CT molecular complexity index is 312. The van der Waals surface area contributed by atoms with E-state index in [2.05, 4.69) is 0 Å². The number of hydrogen-bond donors (Lipinski definition) is 2. The zero-order chi connectivity index (χ0) is 10.6.